The number of rotatable bonds is 7. The Bertz CT molecular complexity index is 1380. The molecule has 1 aromatic heterocycles. The zero-order chi connectivity index (χ0) is 26.0. The van der Waals surface area contributed by atoms with Crippen molar-refractivity contribution in [3.8, 4) is 22.8 Å². The summed E-state index contributed by atoms with van der Waals surface area (Å²) in [6.07, 6.45) is 5.34. The average Bonchev–Trinajstić information content (AvgIpc) is 2.76. The minimum absolute atomic E-state index is 0.127. The molecule has 6 nitrogen and oxygen atoms in total. The van der Waals surface area contributed by atoms with Crippen molar-refractivity contribution in [1.82, 2.24) is 4.98 Å². The Labute approximate surface area is 204 Å². The van der Waals surface area contributed by atoms with Crippen LogP contribution in [0.3, 0.4) is 0 Å². The SMILES string of the molecule is COc1ncc(F)cc1-c1cc(/C=C/c2ccc(NS(C)(=O)=O)cc2F)c(OC)c(C(C)(C)C)c1. The summed E-state index contributed by atoms with van der Waals surface area (Å²) in [5.74, 6) is -0.240. The molecule has 0 aliphatic rings. The highest BCUT2D eigenvalue weighted by atomic mass is 32.2. The summed E-state index contributed by atoms with van der Waals surface area (Å²) in [5, 5.41) is 0. The van der Waals surface area contributed by atoms with Crippen molar-refractivity contribution in [3.63, 3.8) is 0 Å². The minimum atomic E-state index is -3.52. The number of nitrogens with zero attached hydrogens (tertiary/aromatic N) is 1. The van der Waals surface area contributed by atoms with Crippen molar-refractivity contribution in [2.24, 2.45) is 0 Å². The Balaban J connectivity index is 2.15. The molecule has 35 heavy (non-hydrogen) atoms. The number of sulfonamides is 1. The van der Waals surface area contributed by atoms with Gasteiger partial charge in [-0.25, -0.2) is 22.2 Å². The van der Waals surface area contributed by atoms with E-state index in [2.05, 4.69) is 9.71 Å². The van der Waals surface area contributed by atoms with Crippen LogP contribution >= 0.6 is 0 Å². The van der Waals surface area contributed by atoms with E-state index in [4.69, 9.17) is 9.47 Å². The van der Waals surface area contributed by atoms with Gasteiger partial charge < -0.3 is 9.47 Å². The highest BCUT2D eigenvalue weighted by molar-refractivity contribution is 7.92. The van der Waals surface area contributed by atoms with Crippen LogP contribution in [0.4, 0.5) is 14.5 Å². The highest BCUT2D eigenvalue weighted by Crippen LogP contribution is 2.40. The molecule has 1 heterocycles. The topological polar surface area (TPSA) is 77.5 Å². The zero-order valence-electron chi connectivity index (χ0n) is 20.4. The summed E-state index contributed by atoms with van der Waals surface area (Å²) in [4.78, 5) is 4.03. The fourth-order valence-corrected chi connectivity index (χ4v) is 4.19. The van der Waals surface area contributed by atoms with Crippen LogP contribution < -0.4 is 14.2 Å². The van der Waals surface area contributed by atoms with Crippen molar-refractivity contribution in [2.45, 2.75) is 26.2 Å². The van der Waals surface area contributed by atoms with Crippen molar-refractivity contribution in [3.05, 3.63) is 70.9 Å². The molecule has 3 aromatic rings. The number of anilines is 1. The first kappa shape index (κ1) is 26.2. The first-order valence-electron chi connectivity index (χ1n) is 10.7. The number of hydrogen-bond donors (Lipinski definition) is 1. The van der Waals surface area contributed by atoms with Crippen LogP contribution in [0.25, 0.3) is 23.3 Å². The van der Waals surface area contributed by atoms with Gasteiger partial charge in [-0.05, 0) is 47.4 Å². The van der Waals surface area contributed by atoms with E-state index in [0.717, 1.165) is 24.1 Å². The van der Waals surface area contributed by atoms with Crippen LogP contribution in [0.5, 0.6) is 11.6 Å². The number of methoxy groups -OCH3 is 2. The van der Waals surface area contributed by atoms with Crippen LogP contribution in [-0.4, -0.2) is 33.9 Å². The molecule has 3 rings (SSSR count). The van der Waals surface area contributed by atoms with E-state index in [9.17, 15) is 17.2 Å². The predicted octanol–water partition coefficient (Wildman–Crippen LogP) is 5.88. The second-order valence-electron chi connectivity index (χ2n) is 9.05. The lowest BCUT2D eigenvalue weighted by molar-refractivity contribution is 0.395. The lowest BCUT2D eigenvalue weighted by Gasteiger charge is -2.25. The molecule has 186 valence electrons. The third-order valence-electron chi connectivity index (χ3n) is 5.20. The van der Waals surface area contributed by atoms with Gasteiger partial charge in [0, 0.05) is 22.3 Å². The number of pyridine rings is 1. The lowest BCUT2D eigenvalue weighted by Crippen LogP contribution is -2.14. The summed E-state index contributed by atoms with van der Waals surface area (Å²) in [6, 6.07) is 9.10. The molecule has 0 unspecified atom stereocenters. The highest BCUT2D eigenvalue weighted by Gasteiger charge is 2.23. The average molecular weight is 503 g/mol. The fraction of sp³-hybridized carbons (Fsp3) is 0.269. The number of aromatic nitrogens is 1. The van der Waals surface area contributed by atoms with Crippen molar-refractivity contribution in [2.75, 3.05) is 25.2 Å². The van der Waals surface area contributed by atoms with Crippen molar-refractivity contribution in [1.29, 1.82) is 0 Å². The van der Waals surface area contributed by atoms with E-state index in [1.165, 1.54) is 25.3 Å². The molecule has 0 amide bonds. The van der Waals surface area contributed by atoms with E-state index in [1.807, 2.05) is 26.8 Å². The van der Waals surface area contributed by atoms with Crippen LogP contribution in [-0.2, 0) is 15.4 Å². The van der Waals surface area contributed by atoms with Gasteiger partial charge in [-0.15, -0.1) is 0 Å². The first-order valence-corrected chi connectivity index (χ1v) is 12.6. The molecule has 0 spiro atoms. The van der Waals surface area contributed by atoms with E-state index in [0.29, 0.717) is 22.4 Å². The van der Waals surface area contributed by atoms with Gasteiger partial charge in [0.1, 0.15) is 17.4 Å². The van der Waals surface area contributed by atoms with Crippen LogP contribution in [0.15, 0.2) is 42.6 Å². The predicted molar refractivity (Wildman–Crippen MR) is 135 cm³/mol. The summed E-state index contributed by atoms with van der Waals surface area (Å²) >= 11 is 0. The Morgan fingerprint density at radius 1 is 0.971 bits per heavy atom. The summed E-state index contributed by atoms with van der Waals surface area (Å²) in [6.45, 7) is 6.07. The second kappa shape index (κ2) is 10.0. The maximum atomic E-state index is 14.7. The molecule has 0 aliphatic carbocycles. The Morgan fingerprint density at radius 2 is 1.66 bits per heavy atom. The van der Waals surface area contributed by atoms with Gasteiger partial charge >= 0.3 is 0 Å². The largest absolute Gasteiger partial charge is 0.496 e. The lowest BCUT2D eigenvalue weighted by atomic mass is 9.83. The summed E-state index contributed by atoms with van der Waals surface area (Å²) in [7, 11) is -0.507. The van der Waals surface area contributed by atoms with Gasteiger partial charge in [-0.3, -0.25) is 4.72 Å². The maximum Gasteiger partial charge on any atom is 0.229 e. The summed E-state index contributed by atoms with van der Waals surface area (Å²) in [5.41, 5.74) is 2.67. The number of halogens is 2. The zero-order valence-corrected chi connectivity index (χ0v) is 21.3. The smallest absolute Gasteiger partial charge is 0.229 e. The van der Waals surface area contributed by atoms with Crippen LogP contribution in [0.2, 0.25) is 0 Å². The van der Waals surface area contributed by atoms with E-state index >= 15 is 0 Å². The first-order chi connectivity index (χ1) is 16.3. The van der Waals surface area contributed by atoms with E-state index in [-0.39, 0.29) is 22.5 Å². The molecule has 0 aliphatic heterocycles. The van der Waals surface area contributed by atoms with Gasteiger partial charge in [-0.2, -0.15) is 0 Å². The molecule has 0 radical (unpaired) electrons. The monoisotopic (exact) mass is 502 g/mol. The molecule has 0 saturated heterocycles. The van der Waals surface area contributed by atoms with Crippen molar-refractivity contribution >= 4 is 27.9 Å². The molecular weight excluding hydrogens is 474 g/mol. The number of hydrogen-bond acceptors (Lipinski definition) is 5. The normalized spacial score (nSPS) is 12.1. The molecule has 0 atom stereocenters. The summed E-state index contributed by atoms with van der Waals surface area (Å²) < 4.78 is 64.9. The second-order valence-corrected chi connectivity index (χ2v) is 10.8. The number of nitrogens with one attached hydrogen (secondary N) is 1. The Kier molecular flexibility index (Phi) is 7.50. The maximum absolute atomic E-state index is 14.7. The van der Waals surface area contributed by atoms with Crippen LogP contribution in [0.1, 0.15) is 37.5 Å². The number of ether oxygens (including phenoxy) is 2. The van der Waals surface area contributed by atoms with E-state index < -0.39 is 21.7 Å². The third-order valence-corrected chi connectivity index (χ3v) is 5.80. The van der Waals surface area contributed by atoms with Gasteiger partial charge in [0.05, 0.1) is 32.4 Å². The van der Waals surface area contributed by atoms with Crippen molar-refractivity contribution < 1.29 is 26.7 Å². The fourth-order valence-electron chi connectivity index (χ4n) is 3.63. The molecular formula is C26H28F2N2O4S. The van der Waals surface area contributed by atoms with E-state index in [1.54, 1.807) is 25.3 Å². The van der Waals surface area contributed by atoms with Gasteiger partial charge in [0.15, 0.2) is 0 Å². The molecule has 2 aromatic carbocycles. The minimum Gasteiger partial charge on any atom is -0.496 e. The molecule has 0 saturated carbocycles. The molecule has 0 bridgehead atoms. The number of benzene rings is 2. The molecule has 0 fully saturated rings. The Morgan fingerprint density at radius 3 is 2.23 bits per heavy atom. The third kappa shape index (κ3) is 6.36. The standard InChI is InChI=1S/C26H28F2N2O4S/c1-26(2,3)22-12-18(21-13-19(27)15-29-25(21)34-5)11-17(24(22)33-4)8-7-16-9-10-20(14-23(16)28)30-35(6,31)32/h7-15,30H,1-6H3/b8-7+. The van der Waals surface area contributed by atoms with Gasteiger partial charge in [0.25, 0.3) is 0 Å². The van der Waals surface area contributed by atoms with Gasteiger partial charge in [0.2, 0.25) is 15.9 Å². The van der Waals surface area contributed by atoms with Crippen LogP contribution in [0, 0.1) is 11.6 Å². The van der Waals surface area contributed by atoms with Gasteiger partial charge in [-0.1, -0.05) is 32.9 Å². The molecule has 9 heteroatoms. The quantitative estimate of drug-likeness (QED) is 0.408. The molecule has 1 N–H and O–H groups in total. The Hall–Kier alpha value is -3.46.